The van der Waals surface area contributed by atoms with Gasteiger partial charge in [0.1, 0.15) is 0 Å². The number of anilines is 1. The minimum absolute atomic E-state index is 0.161. The van der Waals surface area contributed by atoms with E-state index in [1.165, 1.54) is 12.1 Å². The van der Waals surface area contributed by atoms with E-state index in [9.17, 15) is 9.59 Å². The van der Waals surface area contributed by atoms with Crippen molar-refractivity contribution in [1.82, 2.24) is 4.57 Å². The number of hydrogen-bond acceptors (Lipinski definition) is 3. The molecule has 0 radical (unpaired) electrons. The van der Waals surface area contributed by atoms with Crippen molar-refractivity contribution in [3.8, 4) is 5.75 Å². The standard InChI is InChI=1S/C15H14Cl2N2O3/c1-9-15(13(20)5-6-19(9)2)22-8-14(21)18-10-3-4-11(16)12(17)7-10/h3-7H,8H2,1-2H3,(H,18,21). The number of halogens is 2. The van der Waals surface area contributed by atoms with E-state index in [0.29, 0.717) is 21.4 Å². The highest BCUT2D eigenvalue weighted by Crippen LogP contribution is 2.24. The summed E-state index contributed by atoms with van der Waals surface area (Å²) in [4.78, 5) is 23.6. The lowest BCUT2D eigenvalue weighted by atomic mass is 10.3. The SMILES string of the molecule is Cc1c(OCC(=O)Nc2ccc(Cl)c(Cl)c2)c(=O)ccn1C. The van der Waals surface area contributed by atoms with Crippen molar-refractivity contribution in [3.63, 3.8) is 0 Å². The third-order valence-electron chi connectivity index (χ3n) is 3.08. The van der Waals surface area contributed by atoms with Crippen LogP contribution in [0.25, 0.3) is 0 Å². The smallest absolute Gasteiger partial charge is 0.262 e. The maximum Gasteiger partial charge on any atom is 0.262 e. The highest BCUT2D eigenvalue weighted by molar-refractivity contribution is 6.42. The van der Waals surface area contributed by atoms with Crippen LogP contribution >= 0.6 is 23.2 Å². The fourth-order valence-corrected chi connectivity index (χ4v) is 2.09. The van der Waals surface area contributed by atoms with Gasteiger partial charge in [-0.15, -0.1) is 0 Å². The summed E-state index contributed by atoms with van der Waals surface area (Å²) >= 11 is 11.7. The van der Waals surface area contributed by atoms with Crippen molar-refractivity contribution in [2.24, 2.45) is 7.05 Å². The Labute approximate surface area is 137 Å². The second-order valence-corrected chi connectivity index (χ2v) is 5.49. The summed E-state index contributed by atoms with van der Waals surface area (Å²) in [6.45, 7) is 1.47. The normalized spacial score (nSPS) is 10.4. The Morgan fingerprint density at radius 3 is 2.68 bits per heavy atom. The van der Waals surface area contributed by atoms with Crippen LogP contribution in [0.4, 0.5) is 5.69 Å². The number of nitrogens with zero attached hydrogens (tertiary/aromatic N) is 1. The fraction of sp³-hybridized carbons (Fsp3) is 0.200. The molecule has 0 atom stereocenters. The molecule has 0 saturated heterocycles. The summed E-state index contributed by atoms with van der Waals surface area (Å²) in [7, 11) is 1.79. The number of aromatic nitrogens is 1. The molecule has 1 amide bonds. The number of nitrogens with one attached hydrogen (secondary N) is 1. The minimum atomic E-state index is -0.399. The number of carbonyl (C=O) groups is 1. The first-order valence-corrected chi connectivity index (χ1v) is 7.18. The molecular formula is C15H14Cl2N2O3. The molecule has 0 aliphatic rings. The number of benzene rings is 1. The Bertz CT molecular complexity index is 772. The number of amides is 1. The summed E-state index contributed by atoms with van der Waals surface area (Å²) in [5.74, 6) is -0.238. The molecule has 1 aromatic heterocycles. The third kappa shape index (κ3) is 3.81. The van der Waals surface area contributed by atoms with Crippen molar-refractivity contribution in [2.75, 3.05) is 11.9 Å². The molecular weight excluding hydrogens is 327 g/mol. The van der Waals surface area contributed by atoms with Crippen LogP contribution < -0.4 is 15.5 Å². The number of pyridine rings is 1. The summed E-state index contributed by atoms with van der Waals surface area (Å²) in [6, 6.07) is 6.13. The number of rotatable bonds is 4. The summed E-state index contributed by atoms with van der Waals surface area (Å²) in [6.07, 6.45) is 1.64. The van der Waals surface area contributed by atoms with Crippen LogP contribution in [0.3, 0.4) is 0 Å². The number of hydrogen-bond donors (Lipinski definition) is 1. The van der Waals surface area contributed by atoms with E-state index in [1.54, 1.807) is 36.9 Å². The second-order valence-electron chi connectivity index (χ2n) is 4.67. The lowest BCUT2D eigenvalue weighted by Gasteiger charge is -2.11. The predicted octanol–water partition coefficient (Wildman–Crippen LogP) is 3.02. The number of ether oxygens (including phenoxy) is 1. The summed E-state index contributed by atoms with van der Waals surface area (Å²) < 4.78 is 7.08. The van der Waals surface area contributed by atoms with Gasteiger partial charge in [-0.3, -0.25) is 9.59 Å². The molecule has 1 aromatic carbocycles. The van der Waals surface area contributed by atoms with E-state index in [2.05, 4.69) is 5.32 Å². The Balaban J connectivity index is 2.03. The fourth-order valence-electron chi connectivity index (χ4n) is 1.79. The van der Waals surface area contributed by atoms with E-state index in [0.717, 1.165) is 0 Å². The molecule has 0 fully saturated rings. The molecule has 2 rings (SSSR count). The van der Waals surface area contributed by atoms with Gasteiger partial charge in [0.25, 0.3) is 5.91 Å². The van der Waals surface area contributed by atoms with E-state index in [1.807, 2.05) is 0 Å². The van der Waals surface area contributed by atoms with Crippen LogP contribution in [0.15, 0.2) is 35.3 Å². The number of aryl methyl sites for hydroxylation is 1. The van der Waals surface area contributed by atoms with Gasteiger partial charge in [-0.25, -0.2) is 0 Å². The molecule has 0 saturated carbocycles. The maximum atomic E-state index is 11.9. The van der Waals surface area contributed by atoms with Gasteiger partial charge >= 0.3 is 0 Å². The summed E-state index contributed by atoms with van der Waals surface area (Å²) in [5.41, 5.74) is 0.883. The molecule has 1 heterocycles. The van der Waals surface area contributed by atoms with E-state index in [-0.39, 0.29) is 17.8 Å². The van der Waals surface area contributed by atoms with Crippen molar-refractivity contribution in [1.29, 1.82) is 0 Å². The molecule has 7 heteroatoms. The highest BCUT2D eigenvalue weighted by Gasteiger charge is 2.10. The Hall–Kier alpha value is -1.98. The van der Waals surface area contributed by atoms with Gasteiger partial charge in [-0.2, -0.15) is 0 Å². The molecule has 0 spiro atoms. The van der Waals surface area contributed by atoms with Gasteiger partial charge in [-0.1, -0.05) is 23.2 Å². The second kappa shape index (κ2) is 6.85. The zero-order valence-electron chi connectivity index (χ0n) is 12.0. The van der Waals surface area contributed by atoms with Crippen molar-refractivity contribution < 1.29 is 9.53 Å². The Kier molecular flexibility index (Phi) is 5.11. The molecule has 22 heavy (non-hydrogen) atoms. The van der Waals surface area contributed by atoms with Gasteiger partial charge in [0.15, 0.2) is 12.4 Å². The predicted molar refractivity (Wildman–Crippen MR) is 87.0 cm³/mol. The average molecular weight is 341 g/mol. The van der Waals surface area contributed by atoms with Gasteiger partial charge in [-0.05, 0) is 25.1 Å². The van der Waals surface area contributed by atoms with Crippen molar-refractivity contribution in [3.05, 3.63) is 56.4 Å². The van der Waals surface area contributed by atoms with Crippen LogP contribution in [0, 0.1) is 6.92 Å². The molecule has 0 unspecified atom stereocenters. The minimum Gasteiger partial charge on any atom is -0.478 e. The van der Waals surface area contributed by atoms with Crippen LogP contribution in [0.2, 0.25) is 10.0 Å². The highest BCUT2D eigenvalue weighted by atomic mass is 35.5. The van der Waals surface area contributed by atoms with E-state index >= 15 is 0 Å². The molecule has 116 valence electrons. The first-order chi connectivity index (χ1) is 10.4. The maximum absolute atomic E-state index is 11.9. The van der Waals surface area contributed by atoms with Gasteiger partial charge in [0.2, 0.25) is 5.43 Å². The molecule has 2 aromatic rings. The molecule has 0 bridgehead atoms. The quantitative estimate of drug-likeness (QED) is 0.930. The van der Waals surface area contributed by atoms with Crippen LogP contribution in [-0.4, -0.2) is 17.1 Å². The lowest BCUT2D eigenvalue weighted by molar-refractivity contribution is -0.118. The monoisotopic (exact) mass is 340 g/mol. The summed E-state index contributed by atoms with van der Waals surface area (Å²) in [5, 5.41) is 3.36. The van der Waals surface area contributed by atoms with Crippen molar-refractivity contribution >= 4 is 34.8 Å². The third-order valence-corrected chi connectivity index (χ3v) is 3.82. The largest absolute Gasteiger partial charge is 0.478 e. The van der Waals surface area contributed by atoms with E-state index in [4.69, 9.17) is 27.9 Å². The Morgan fingerprint density at radius 2 is 2.00 bits per heavy atom. The van der Waals surface area contributed by atoms with Crippen molar-refractivity contribution in [2.45, 2.75) is 6.92 Å². The lowest BCUT2D eigenvalue weighted by Crippen LogP contribution is -2.23. The number of carbonyl (C=O) groups excluding carboxylic acids is 1. The first kappa shape index (κ1) is 16.4. The van der Waals surface area contributed by atoms with E-state index < -0.39 is 5.91 Å². The van der Waals surface area contributed by atoms with Crippen LogP contribution in [0.1, 0.15) is 5.69 Å². The first-order valence-electron chi connectivity index (χ1n) is 6.42. The van der Waals surface area contributed by atoms with Gasteiger partial charge < -0.3 is 14.6 Å². The molecule has 0 aliphatic carbocycles. The van der Waals surface area contributed by atoms with Crippen LogP contribution in [-0.2, 0) is 11.8 Å². The van der Waals surface area contributed by atoms with Gasteiger partial charge in [0, 0.05) is 25.0 Å². The topological polar surface area (TPSA) is 60.3 Å². The molecule has 1 N–H and O–H groups in total. The molecule has 5 nitrogen and oxygen atoms in total. The molecule has 0 aliphatic heterocycles. The zero-order chi connectivity index (χ0) is 16.3. The Morgan fingerprint density at radius 1 is 1.27 bits per heavy atom. The average Bonchev–Trinajstić information content (AvgIpc) is 2.47. The zero-order valence-corrected chi connectivity index (χ0v) is 13.5. The van der Waals surface area contributed by atoms with Crippen LogP contribution in [0.5, 0.6) is 5.75 Å². The van der Waals surface area contributed by atoms with Gasteiger partial charge in [0.05, 0.1) is 15.7 Å².